The van der Waals surface area contributed by atoms with Crippen molar-refractivity contribution < 1.29 is 9.53 Å². The van der Waals surface area contributed by atoms with Crippen LogP contribution in [0.5, 0.6) is 0 Å². The zero-order valence-electron chi connectivity index (χ0n) is 11.5. The maximum atomic E-state index is 11.8. The van der Waals surface area contributed by atoms with E-state index in [0.717, 1.165) is 45.8 Å². The fourth-order valence-electron chi connectivity index (χ4n) is 2.71. The van der Waals surface area contributed by atoms with Crippen LogP contribution < -0.4 is 5.32 Å². The third-order valence-electron chi connectivity index (χ3n) is 3.73. The molecular weight excluding hydrogens is 230 g/mol. The van der Waals surface area contributed by atoms with Crippen molar-refractivity contribution in [1.82, 2.24) is 15.1 Å². The molecule has 2 saturated heterocycles. The van der Waals surface area contributed by atoms with Gasteiger partial charge in [-0.2, -0.15) is 0 Å². The van der Waals surface area contributed by atoms with Crippen LogP contribution in [-0.4, -0.2) is 67.8 Å². The fraction of sp³-hybridized carbons (Fsp3) is 0.923. The van der Waals surface area contributed by atoms with Crippen molar-refractivity contribution >= 4 is 5.91 Å². The van der Waals surface area contributed by atoms with Gasteiger partial charge in [-0.15, -0.1) is 0 Å². The highest BCUT2D eigenvalue weighted by Crippen LogP contribution is 2.14. The van der Waals surface area contributed by atoms with E-state index in [9.17, 15) is 4.79 Å². The highest BCUT2D eigenvalue weighted by Gasteiger charge is 2.31. The van der Waals surface area contributed by atoms with E-state index in [1.807, 2.05) is 4.90 Å². The Hall–Kier alpha value is -0.650. The van der Waals surface area contributed by atoms with E-state index >= 15 is 0 Å². The van der Waals surface area contributed by atoms with Crippen LogP contribution in [0.15, 0.2) is 0 Å². The molecule has 0 aliphatic carbocycles. The molecule has 0 aromatic carbocycles. The highest BCUT2D eigenvalue weighted by atomic mass is 16.5. The van der Waals surface area contributed by atoms with Crippen LogP contribution >= 0.6 is 0 Å². The lowest BCUT2D eigenvalue weighted by Crippen LogP contribution is -2.43. The maximum absolute atomic E-state index is 11.8. The smallest absolute Gasteiger partial charge is 0.237 e. The normalized spacial score (nSPS) is 26.3. The zero-order valence-corrected chi connectivity index (χ0v) is 11.5. The Balaban J connectivity index is 1.72. The van der Waals surface area contributed by atoms with Gasteiger partial charge in [-0.3, -0.25) is 15.0 Å². The van der Waals surface area contributed by atoms with Gasteiger partial charge in [0.2, 0.25) is 5.91 Å². The lowest BCUT2D eigenvalue weighted by Gasteiger charge is -2.30. The van der Waals surface area contributed by atoms with Gasteiger partial charge < -0.3 is 9.64 Å². The molecule has 2 aliphatic rings. The van der Waals surface area contributed by atoms with Gasteiger partial charge in [0.25, 0.3) is 0 Å². The van der Waals surface area contributed by atoms with Crippen LogP contribution in [0, 0.1) is 5.92 Å². The third kappa shape index (κ3) is 3.43. The van der Waals surface area contributed by atoms with E-state index in [4.69, 9.17) is 4.74 Å². The van der Waals surface area contributed by atoms with Crippen molar-refractivity contribution in [3.05, 3.63) is 0 Å². The Morgan fingerprint density at radius 2 is 2.06 bits per heavy atom. The summed E-state index contributed by atoms with van der Waals surface area (Å²) in [7, 11) is 0. The Morgan fingerprint density at radius 1 is 1.33 bits per heavy atom. The number of nitrogens with one attached hydrogen (secondary N) is 1. The van der Waals surface area contributed by atoms with Gasteiger partial charge in [0.05, 0.1) is 25.9 Å². The Kier molecular flexibility index (Phi) is 4.97. The molecule has 0 aromatic heterocycles. The van der Waals surface area contributed by atoms with Crippen LogP contribution in [0.2, 0.25) is 0 Å². The van der Waals surface area contributed by atoms with Gasteiger partial charge in [-0.1, -0.05) is 13.8 Å². The first-order valence-electron chi connectivity index (χ1n) is 7.01. The predicted octanol–water partition coefficient (Wildman–Crippen LogP) is 0.123. The first-order chi connectivity index (χ1) is 8.68. The summed E-state index contributed by atoms with van der Waals surface area (Å²) < 4.78 is 5.33. The first-order valence-corrected chi connectivity index (χ1v) is 7.01. The van der Waals surface area contributed by atoms with Crippen molar-refractivity contribution in [1.29, 1.82) is 0 Å². The standard InChI is InChI=1S/C13H25N3O2/c1-11(2)13-14-10-12(17)16(13)5-3-4-15-6-8-18-9-7-15/h11,13-14H,3-10H2,1-2H3. The number of hydrogen-bond donors (Lipinski definition) is 1. The number of amides is 1. The molecule has 104 valence electrons. The van der Waals surface area contributed by atoms with Crippen molar-refractivity contribution in [2.24, 2.45) is 5.92 Å². The minimum atomic E-state index is 0.224. The molecule has 1 N–H and O–H groups in total. The van der Waals surface area contributed by atoms with E-state index < -0.39 is 0 Å². The molecule has 1 amide bonds. The number of hydrogen-bond acceptors (Lipinski definition) is 4. The summed E-state index contributed by atoms with van der Waals surface area (Å²) in [5, 5.41) is 3.29. The second-order valence-electron chi connectivity index (χ2n) is 5.46. The SMILES string of the molecule is CC(C)C1NCC(=O)N1CCCN1CCOCC1. The molecule has 0 spiro atoms. The average Bonchev–Trinajstić information content (AvgIpc) is 2.73. The fourth-order valence-corrected chi connectivity index (χ4v) is 2.71. The quantitative estimate of drug-likeness (QED) is 0.758. The maximum Gasteiger partial charge on any atom is 0.237 e. The van der Waals surface area contributed by atoms with Crippen LogP contribution in [0.3, 0.4) is 0 Å². The average molecular weight is 255 g/mol. The highest BCUT2D eigenvalue weighted by molar-refractivity contribution is 5.80. The predicted molar refractivity (Wildman–Crippen MR) is 70.2 cm³/mol. The summed E-state index contributed by atoms with van der Waals surface area (Å²) in [6, 6.07) is 0. The van der Waals surface area contributed by atoms with Gasteiger partial charge in [0.1, 0.15) is 0 Å². The number of nitrogens with zero attached hydrogens (tertiary/aromatic N) is 2. The van der Waals surface area contributed by atoms with Gasteiger partial charge in [-0.25, -0.2) is 0 Å². The van der Waals surface area contributed by atoms with Gasteiger partial charge in [-0.05, 0) is 12.3 Å². The Morgan fingerprint density at radius 3 is 2.72 bits per heavy atom. The zero-order chi connectivity index (χ0) is 13.0. The number of carbonyl (C=O) groups excluding carboxylic acids is 1. The second kappa shape index (κ2) is 6.50. The summed E-state index contributed by atoms with van der Waals surface area (Å²) in [5.41, 5.74) is 0. The Bertz CT molecular complexity index is 277. The lowest BCUT2D eigenvalue weighted by atomic mass is 10.1. The number of morpholine rings is 1. The van der Waals surface area contributed by atoms with E-state index in [-0.39, 0.29) is 12.1 Å². The largest absolute Gasteiger partial charge is 0.379 e. The molecular formula is C13H25N3O2. The number of ether oxygens (including phenoxy) is 1. The molecule has 2 aliphatic heterocycles. The minimum Gasteiger partial charge on any atom is -0.379 e. The molecule has 1 unspecified atom stereocenters. The third-order valence-corrected chi connectivity index (χ3v) is 3.73. The molecule has 18 heavy (non-hydrogen) atoms. The van der Waals surface area contributed by atoms with Crippen LogP contribution in [0.1, 0.15) is 20.3 Å². The van der Waals surface area contributed by atoms with Gasteiger partial charge >= 0.3 is 0 Å². The molecule has 5 heteroatoms. The van der Waals surface area contributed by atoms with Crippen molar-refractivity contribution in [3.8, 4) is 0 Å². The van der Waals surface area contributed by atoms with E-state index in [1.165, 1.54) is 0 Å². The molecule has 0 radical (unpaired) electrons. The summed E-state index contributed by atoms with van der Waals surface area (Å²) in [4.78, 5) is 16.2. The lowest BCUT2D eigenvalue weighted by molar-refractivity contribution is -0.128. The van der Waals surface area contributed by atoms with Gasteiger partial charge in [0, 0.05) is 26.2 Å². The molecule has 2 heterocycles. The van der Waals surface area contributed by atoms with Gasteiger partial charge in [0.15, 0.2) is 0 Å². The van der Waals surface area contributed by atoms with E-state index in [2.05, 4.69) is 24.1 Å². The van der Waals surface area contributed by atoms with Crippen molar-refractivity contribution in [3.63, 3.8) is 0 Å². The monoisotopic (exact) mass is 255 g/mol. The van der Waals surface area contributed by atoms with Crippen molar-refractivity contribution in [2.75, 3.05) is 45.9 Å². The molecule has 0 bridgehead atoms. The minimum absolute atomic E-state index is 0.224. The van der Waals surface area contributed by atoms with Crippen LogP contribution in [-0.2, 0) is 9.53 Å². The molecule has 2 rings (SSSR count). The molecule has 1 atom stereocenters. The summed E-state index contributed by atoms with van der Waals surface area (Å²) >= 11 is 0. The van der Waals surface area contributed by atoms with Crippen LogP contribution in [0.25, 0.3) is 0 Å². The molecule has 5 nitrogen and oxygen atoms in total. The Labute approximate surface area is 109 Å². The summed E-state index contributed by atoms with van der Waals surface area (Å²) in [6.07, 6.45) is 1.28. The molecule has 2 fully saturated rings. The second-order valence-corrected chi connectivity index (χ2v) is 5.46. The number of rotatable bonds is 5. The van der Waals surface area contributed by atoms with Crippen molar-refractivity contribution in [2.45, 2.75) is 26.4 Å². The first kappa shape index (κ1) is 13.8. The molecule has 0 aromatic rings. The number of carbonyl (C=O) groups is 1. The molecule has 0 saturated carbocycles. The summed E-state index contributed by atoms with van der Waals surface area (Å²) in [5.74, 6) is 0.718. The van der Waals surface area contributed by atoms with Crippen LogP contribution in [0.4, 0.5) is 0 Å². The van der Waals surface area contributed by atoms with E-state index in [1.54, 1.807) is 0 Å². The topological polar surface area (TPSA) is 44.8 Å². The summed E-state index contributed by atoms with van der Waals surface area (Å²) in [6.45, 7) is 10.5. The van der Waals surface area contributed by atoms with E-state index in [0.29, 0.717) is 12.5 Å².